The van der Waals surface area contributed by atoms with Gasteiger partial charge in [-0.1, -0.05) is 0 Å². The molecule has 0 atom stereocenters. The largest absolute Gasteiger partial charge is 0.457 e. The fourth-order valence-electron chi connectivity index (χ4n) is 2.50. The van der Waals surface area contributed by atoms with E-state index in [0.717, 1.165) is 5.56 Å². The van der Waals surface area contributed by atoms with Crippen LogP contribution in [-0.2, 0) is 4.79 Å². The van der Waals surface area contributed by atoms with Gasteiger partial charge in [0.25, 0.3) is 11.6 Å². The highest BCUT2D eigenvalue weighted by atomic mass is 32.2. The summed E-state index contributed by atoms with van der Waals surface area (Å²) in [7, 11) is 0. The number of hydrogen-bond donors (Lipinski definition) is 0. The molecule has 0 aliphatic carbocycles. The zero-order chi connectivity index (χ0) is 18.7. The van der Waals surface area contributed by atoms with Crippen LogP contribution in [0.1, 0.15) is 19.6 Å². The van der Waals surface area contributed by atoms with Gasteiger partial charge < -0.3 is 4.42 Å². The zero-order valence-corrected chi connectivity index (χ0v) is 15.2. The Labute approximate surface area is 154 Å². The summed E-state index contributed by atoms with van der Waals surface area (Å²) in [6.07, 6.45) is 1.70. The van der Waals surface area contributed by atoms with Crippen LogP contribution in [0.15, 0.2) is 50.7 Å². The summed E-state index contributed by atoms with van der Waals surface area (Å²) < 4.78 is 5.77. The Balaban J connectivity index is 1.84. The van der Waals surface area contributed by atoms with Crippen molar-refractivity contribution in [3.63, 3.8) is 0 Å². The van der Waals surface area contributed by atoms with Crippen molar-refractivity contribution < 1.29 is 14.1 Å². The van der Waals surface area contributed by atoms with Crippen molar-refractivity contribution in [1.82, 2.24) is 4.90 Å². The van der Waals surface area contributed by atoms with Crippen molar-refractivity contribution in [2.24, 2.45) is 4.99 Å². The second-order valence-electron chi connectivity index (χ2n) is 5.42. The Morgan fingerprint density at radius 3 is 2.58 bits per heavy atom. The van der Waals surface area contributed by atoms with E-state index < -0.39 is 4.92 Å². The Morgan fingerprint density at radius 1 is 1.23 bits per heavy atom. The number of nitrogens with zero attached hydrogens (tertiary/aromatic N) is 3. The Bertz CT molecular complexity index is 899. The molecular formula is C18H17N3O4S. The molecule has 1 aliphatic rings. The van der Waals surface area contributed by atoms with Gasteiger partial charge in [-0.15, -0.1) is 0 Å². The molecule has 1 aliphatic heterocycles. The number of non-ortho nitro benzene ring substituents is 1. The molecule has 1 saturated heterocycles. The third-order valence-corrected chi connectivity index (χ3v) is 4.80. The van der Waals surface area contributed by atoms with Crippen LogP contribution < -0.4 is 0 Å². The number of amides is 1. The normalized spacial score (nSPS) is 17.5. The van der Waals surface area contributed by atoms with Crippen LogP contribution in [0.25, 0.3) is 17.4 Å². The van der Waals surface area contributed by atoms with Gasteiger partial charge in [0.2, 0.25) is 0 Å². The highest BCUT2D eigenvalue weighted by Gasteiger charge is 2.32. The van der Waals surface area contributed by atoms with Gasteiger partial charge in [-0.05, 0) is 49.9 Å². The fraction of sp³-hybridized carbons (Fsp3) is 0.222. The van der Waals surface area contributed by atoms with Gasteiger partial charge in [0.05, 0.1) is 9.83 Å². The molecule has 7 nitrogen and oxygen atoms in total. The van der Waals surface area contributed by atoms with E-state index in [2.05, 4.69) is 4.99 Å². The van der Waals surface area contributed by atoms with E-state index in [0.29, 0.717) is 34.7 Å². The molecule has 2 heterocycles. The minimum Gasteiger partial charge on any atom is -0.457 e. The number of likely N-dealkylation sites (N-methyl/N-ethyl adjacent to an activating group) is 1. The minimum absolute atomic E-state index is 0.0259. The Hall–Kier alpha value is -2.87. The molecule has 1 aromatic carbocycles. The summed E-state index contributed by atoms with van der Waals surface area (Å²) in [6.45, 7) is 5.02. The first-order chi connectivity index (χ1) is 12.5. The van der Waals surface area contributed by atoms with Gasteiger partial charge in [0, 0.05) is 36.9 Å². The maximum atomic E-state index is 12.5. The molecule has 134 valence electrons. The molecule has 0 N–H and O–H groups in total. The van der Waals surface area contributed by atoms with Crippen LogP contribution in [0.2, 0.25) is 0 Å². The lowest BCUT2D eigenvalue weighted by Gasteiger charge is -2.11. The molecule has 0 radical (unpaired) electrons. The quantitative estimate of drug-likeness (QED) is 0.447. The van der Waals surface area contributed by atoms with Crippen LogP contribution in [0, 0.1) is 10.1 Å². The zero-order valence-electron chi connectivity index (χ0n) is 14.3. The van der Waals surface area contributed by atoms with Gasteiger partial charge >= 0.3 is 0 Å². The lowest BCUT2D eigenvalue weighted by molar-refractivity contribution is -0.384. The summed E-state index contributed by atoms with van der Waals surface area (Å²) in [5.41, 5.74) is 0.757. The monoisotopic (exact) mass is 371 g/mol. The van der Waals surface area contributed by atoms with Crippen molar-refractivity contribution in [3.05, 3.63) is 57.2 Å². The maximum absolute atomic E-state index is 12.5. The molecule has 8 heteroatoms. The Morgan fingerprint density at radius 2 is 1.96 bits per heavy atom. The molecule has 0 saturated carbocycles. The summed E-state index contributed by atoms with van der Waals surface area (Å²) in [5, 5.41) is 11.4. The molecule has 0 spiro atoms. The molecule has 0 bridgehead atoms. The fourth-order valence-corrected chi connectivity index (χ4v) is 3.59. The average Bonchev–Trinajstić information content (AvgIpc) is 3.21. The van der Waals surface area contributed by atoms with Crippen molar-refractivity contribution in [3.8, 4) is 11.3 Å². The van der Waals surface area contributed by atoms with Crippen molar-refractivity contribution >= 4 is 34.6 Å². The van der Waals surface area contributed by atoms with E-state index in [4.69, 9.17) is 4.42 Å². The number of nitro groups is 1. The second kappa shape index (κ2) is 7.57. The average molecular weight is 371 g/mol. The van der Waals surface area contributed by atoms with Gasteiger partial charge in [-0.25, -0.2) is 0 Å². The number of thioether (sulfide) groups is 1. The van der Waals surface area contributed by atoms with Crippen molar-refractivity contribution in [2.75, 3.05) is 13.1 Å². The van der Waals surface area contributed by atoms with Gasteiger partial charge in [0.1, 0.15) is 11.5 Å². The first-order valence-corrected chi connectivity index (χ1v) is 8.95. The number of hydrogen-bond acceptors (Lipinski definition) is 6. The van der Waals surface area contributed by atoms with Crippen LogP contribution in [0.5, 0.6) is 0 Å². The molecule has 2 aromatic rings. The lowest BCUT2D eigenvalue weighted by atomic mass is 10.1. The third kappa shape index (κ3) is 3.55. The number of carbonyl (C=O) groups is 1. The van der Waals surface area contributed by atoms with E-state index in [1.54, 1.807) is 35.2 Å². The van der Waals surface area contributed by atoms with Crippen LogP contribution in [0.4, 0.5) is 5.69 Å². The van der Waals surface area contributed by atoms with Crippen molar-refractivity contribution in [1.29, 1.82) is 0 Å². The van der Waals surface area contributed by atoms with Crippen LogP contribution in [-0.4, -0.2) is 34.0 Å². The highest BCUT2D eigenvalue weighted by molar-refractivity contribution is 8.18. The second-order valence-corrected chi connectivity index (χ2v) is 6.43. The number of nitro benzene ring substituents is 1. The maximum Gasteiger partial charge on any atom is 0.269 e. The third-order valence-electron chi connectivity index (χ3n) is 3.76. The number of benzene rings is 1. The van der Waals surface area contributed by atoms with E-state index in [1.807, 2.05) is 13.8 Å². The smallest absolute Gasteiger partial charge is 0.269 e. The van der Waals surface area contributed by atoms with Crippen molar-refractivity contribution in [2.45, 2.75) is 13.8 Å². The van der Waals surface area contributed by atoms with E-state index in [-0.39, 0.29) is 11.6 Å². The standard InChI is InChI=1S/C18H17N3O4S/c1-3-19-18-20(4-2)17(22)16(26-18)11-14-9-10-15(25-14)12-5-7-13(8-6-12)21(23)24/h5-11H,3-4H2,1-2H3/b16-11+,19-18?. The van der Waals surface area contributed by atoms with Gasteiger partial charge in [-0.3, -0.25) is 24.8 Å². The van der Waals surface area contributed by atoms with Gasteiger partial charge in [-0.2, -0.15) is 0 Å². The number of amidine groups is 1. The molecule has 1 fully saturated rings. The topological polar surface area (TPSA) is 89.0 Å². The molecule has 0 unspecified atom stereocenters. The molecule has 1 amide bonds. The summed E-state index contributed by atoms with van der Waals surface area (Å²) in [4.78, 5) is 29.3. The minimum atomic E-state index is -0.445. The summed E-state index contributed by atoms with van der Waals surface area (Å²) in [5.74, 6) is 1.04. The highest BCUT2D eigenvalue weighted by Crippen LogP contribution is 2.33. The molecular weight excluding hydrogens is 354 g/mol. The number of furan rings is 1. The Kier molecular flexibility index (Phi) is 5.22. The predicted octanol–water partition coefficient (Wildman–Crippen LogP) is 4.17. The first-order valence-electron chi connectivity index (χ1n) is 8.14. The summed E-state index contributed by atoms with van der Waals surface area (Å²) in [6, 6.07) is 9.67. The number of rotatable bonds is 5. The van der Waals surface area contributed by atoms with Crippen LogP contribution in [0.3, 0.4) is 0 Å². The SMILES string of the molecule is CCN=C1S/C(=C/c2ccc(-c3ccc([N+](=O)[O-])cc3)o2)C(=O)N1CC. The number of carbonyl (C=O) groups excluding carboxylic acids is 1. The molecule has 26 heavy (non-hydrogen) atoms. The molecule has 3 rings (SSSR count). The summed E-state index contributed by atoms with van der Waals surface area (Å²) >= 11 is 1.33. The number of aliphatic imine (C=N–C) groups is 1. The van der Waals surface area contributed by atoms with E-state index in [9.17, 15) is 14.9 Å². The van der Waals surface area contributed by atoms with E-state index in [1.165, 1.54) is 23.9 Å². The lowest BCUT2D eigenvalue weighted by Crippen LogP contribution is -2.28. The van der Waals surface area contributed by atoms with Crippen LogP contribution >= 0.6 is 11.8 Å². The predicted molar refractivity (Wildman–Crippen MR) is 102 cm³/mol. The first kappa shape index (κ1) is 17.9. The molecule has 1 aromatic heterocycles. The van der Waals surface area contributed by atoms with Gasteiger partial charge in [0.15, 0.2) is 5.17 Å². The van der Waals surface area contributed by atoms with E-state index >= 15 is 0 Å².